The zero-order valence-electron chi connectivity index (χ0n) is 7.64. The van der Waals surface area contributed by atoms with E-state index < -0.39 is 11.9 Å². The summed E-state index contributed by atoms with van der Waals surface area (Å²) in [5, 5.41) is 0. The largest absolute Gasteiger partial charge is 0.434 e. The highest BCUT2D eigenvalue weighted by molar-refractivity contribution is 9.10. The Bertz CT molecular complexity index is 516. The average Bonchev–Trinajstić information content (AvgIpc) is 2.46. The fourth-order valence-electron chi connectivity index (χ4n) is 1.36. The summed E-state index contributed by atoms with van der Waals surface area (Å²) in [7, 11) is 0. The van der Waals surface area contributed by atoms with Gasteiger partial charge in [0.1, 0.15) is 5.65 Å². The van der Waals surface area contributed by atoms with Gasteiger partial charge in [0.25, 0.3) is 0 Å². The first-order valence-corrected chi connectivity index (χ1v) is 4.89. The third-order valence-electron chi connectivity index (χ3n) is 1.99. The molecule has 0 N–H and O–H groups in total. The van der Waals surface area contributed by atoms with Gasteiger partial charge >= 0.3 is 6.18 Å². The van der Waals surface area contributed by atoms with Crippen molar-refractivity contribution in [2.75, 3.05) is 0 Å². The van der Waals surface area contributed by atoms with Crippen LogP contribution in [0.1, 0.15) is 11.3 Å². The summed E-state index contributed by atoms with van der Waals surface area (Å²) in [6, 6.07) is 1.72. The monoisotopic (exact) mass is 278 g/mol. The zero-order chi connectivity index (χ0) is 11.2. The second-order valence-electron chi connectivity index (χ2n) is 3.20. The number of aryl methyl sites for hydroxylation is 1. The van der Waals surface area contributed by atoms with Crippen molar-refractivity contribution in [1.29, 1.82) is 0 Å². The summed E-state index contributed by atoms with van der Waals surface area (Å²) < 4.78 is 39.2. The molecule has 2 heterocycles. The molecule has 0 atom stereocenters. The van der Waals surface area contributed by atoms with Gasteiger partial charge in [-0.15, -0.1) is 0 Å². The topological polar surface area (TPSA) is 17.3 Å². The predicted octanol–water partition coefficient (Wildman–Crippen LogP) is 3.42. The van der Waals surface area contributed by atoms with Gasteiger partial charge in [0.05, 0.1) is 0 Å². The van der Waals surface area contributed by atoms with E-state index in [4.69, 9.17) is 0 Å². The van der Waals surface area contributed by atoms with Gasteiger partial charge in [0.2, 0.25) is 0 Å². The number of aromatic nitrogens is 2. The molecule has 0 amide bonds. The van der Waals surface area contributed by atoms with E-state index in [9.17, 15) is 13.2 Å². The zero-order valence-corrected chi connectivity index (χ0v) is 9.22. The molecule has 0 spiro atoms. The van der Waals surface area contributed by atoms with Crippen LogP contribution in [0.2, 0.25) is 0 Å². The molecule has 0 fully saturated rings. The number of rotatable bonds is 0. The minimum absolute atomic E-state index is 0.325. The third kappa shape index (κ3) is 1.86. The normalized spacial score (nSPS) is 12.3. The van der Waals surface area contributed by atoms with Crippen molar-refractivity contribution in [2.24, 2.45) is 0 Å². The van der Waals surface area contributed by atoms with Crippen LogP contribution >= 0.6 is 15.9 Å². The molecular weight excluding hydrogens is 273 g/mol. The van der Waals surface area contributed by atoms with Gasteiger partial charge in [0.15, 0.2) is 5.69 Å². The number of fused-ring (bicyclic) bond motifs is 1. The smallest absolute Gasteiger partial charge is 0.305 e. The van der Waals surface area contributed by atoms with Crippen LogP contribution in [-0.2, 0) is 6.18 Å². The maximum Gasteiger partial charge on any atom is 0.434 e. The Labute approximate surface area is 91.9 Å². The van der Waals surface area contributed by atoms with Crippen LogP contribution in [0.15, 0.2) is 22.9 Å². The lowest BCUT2D eigenvalue weighted by atomic mass is 10.3. The van der Waals surface area contributed by atoms with Crippen molar-refractivity contribution in [2.45, 2.75) is 13.1 Å². The Morgan fingerprint density at radius 1 is 1.33 bits per heavy atom. The van der Waals surface area contributed by atoms with Crippen molar-refractivity contribution >= 4 is 21.6 Å². The van der Waals surface area contributed by atoms with Gasteiger partial charge in [-0.05, 0) is 34.5 Å². The second-order valence-corrected chi connectivity index (χ2v) is 4.11. The van der Waals surface area contributed by atoms with Crippen LogP contribution in [0.5, 0.6) is 0 Å². The maximum atomic E-state index is 12.4. The summed E-state index contributed by atoms with van der Waals surface area (Å²) in [5.41, 5.74) is 0.147. The first-order chi connectivity index (χ1) is 6.88. The first-order valence-electron chi connectivity index (χ1n) is 4.10. The van der Waals surface area contributed by atoms with Gasteiger partial charge in [-0.1, -0.05) is 0 Å². The third-order valence-corrected chi connectivity index (χ3v) is 2.43. The number of pyridine rings is 1. The molecular formula is C9H6BrF3N2. The molecule has 0 aromatic carbocycles. The SMILES string of the molecule is Cc1cc(Br)cn2cc(C(F)(F)F)nc12. The summed E-state index contributed by atoms with van der Waals surface area (Å²) >= 11 is 3.21. The summed E-state index contributed by atoms with van der Waals surface area (Å²) in [4.78, 5) is 3.54. The van der Waals surface area contributed by atoms with Crippen LogP contribution in [-0.4, -0.2) is 9.38 Å². The molecule has 0 aliphatic carbocycles. The second kappa shape index (κ2) is 3.23. The molecule has 6 heteroatoms. The number of hydrogen-bond donors (Lipinski definition) is 0. The Morgan fingerprint density at radius 2 is 2.00 bits per heavy atom. The minimum atomic E-state index is -4.40. The van der Waals surface area contributed by atoms with E-state index in [1.54, 1.807) is 19.2 Å². The van der Waals surface area contributed by atoms with Crippen LogP contribution in [0.3, 0.4) is 0 Å². The highest BCUT2D eigenvalue weighted by Gasteiger charge is 2.34. The lowest BCUT2D eigenvalue weighted by Crippen LogP contribution is -2.04. The summed E-state index contributed by atoms with van der Waals surface area (Å²) in [6.45, 7) is 1.72. The fourth-order valence-corrected chi connectivity index (χ4v) is 1.93. The highest BCUT2D eigenvalue weighted by atomic mass is 79.9. The van der Waals surface area contributed by atoms with Crippen LogP contribution < -0.4 is 0 Å². The molecule has 0 saturated heterocycles. The van der Waals surface area contributed by atoms with Crippen molar-refractivity contribution in [1.82, 2.24) is 9.38 Å². The molecule has 2 nitrogen and oxygen atoms in total. The molecule has 0 radical (unpaired) electrons. The van der Waals surface area contributed by atoms with E-state index in [0.29, 0.717) is 11.2 Å². The molecule has 0 saturated carbocycles. The highest BCUT2D eigenvalue weighted by Crippen LogP contribution is 2.29. The standard InChI is InChI=1S/C9H6BrF3N2/c1-5-2-6(10)3-15-4-7(9(11,12)13)14-8(5)15/h2-4H,1H3. The van der Waals surface area contributed by atoms with E-state index >= 15 is 0 Å². The van der Waals surface area contributed by atoms with Gasteiger partial charge in [-0.2, -0.15) is 13.2 Å². The summed E-state index contributed by atoms with van der Waals surface area (Å²) in [6.07, 6.45) is -1.87. The number of hydrogen-bond acceptors (Lipinski definition) is 1. The molecule has 0 unspecified atom stereocenters. The van der Waals surface area contributed by atoms with Gasteiger partial charge < -0.3 is 4.40 Å². The molecule has 2 aromatic rings. The van der Waals surface area contributed by atoms with Gasteiger partial charge in [-0.25, -0.2) is 4.98 Å². The number of imidazole rings is 1. The lowest BCUT2D eigenvalue weighted by molar-refractivity contribution is -0.140. The maximum absolute atomic E-state index is 12.4. The molecule has 0 aliphatic heterocycles. The molecule has 80 valence electrons. The molecule has 15 heavy (non-hydrogen) atoms. The first kappa shape index (κ1) is 10.5. The van der Waals surface area contributed by atoms with E-state index in [1.165, 1.54) is 4.40 Å². The molecule has 0 bridgehead atoms. The van der Waals surface area contributed by atoms with E-state index in [2.05, 4.69) is 20.9 Å². The Hall–Kier alpha value is -1.04. The van der Waals surface area contributed by atoms with E-state index in [0.717, 1.165) is 10.7 Å². The molecule has 2 rings (SSSR count). The van der Waals surface area contributed by atoms with Crippen LogP contribution in [0, 0.1) is 6.92 Å². The number of nitrogens with zero attached hydrogens (tertiary/aromatic N) is 2. The lowest BCUT2D eigenvalue weighted by Gasteiger charge is -1.98. The van der Waals surface area contributed by atoms with E-state index in [-0.39, 0.29) is 0 Å². The Kier molecular flexibility index (Phi) is 2.26. The number of halogens is 4. The fraction of sp³-hybridized carbons (Fsp3) is 0.222. The summed E-state index contributed by atoms with van der Waals surface area (Å²) in [5.74, 6) is 0. The van der Waals surface area contributed by atoms with Gasteiger partial charge in [0, 0.05) is 16.9 Å². The molecule has 2 aromatic heterocycles. The predicted molar refractivity (Wildman–Crippen MR) is 52.6 cm³/mol. The van der Waals surface area contributed by atoms with Crippen LogP contribution in [0.4, 0.5) is 13.2 Å². The van der Waals surface area contributed by atoms with Crippen molar-refractivity contribution in [3.63, 3.8) is 0 Å². The minimum Gasteiger partial charge on any atom is -0.305 e. The molecule has 0 aliphatic rings. The average molecular weight is 279 g/mol. The van der Waals surface area contributed by atoms with Crippen LogP contribution in [0.25, 0.3) is 5.65 Å². The number of alkyl halides is 3. The Balaban J connectivity index is 2.71. The Morgan fingerprint density at radius 3 is 2.60 bits per heavy atom. The quantitative estimate of drug-likeness (QED) is 0.722. The van der Waals surface area contributed by atoms with Crippen molar-refractivity contribution < 1.29 is 13.2 Å². The van der Waals surface area contributed by atoms with Gasteiger partial charge in [-0.3, -0.25) is 0 Å². The van der Waals surface area contributed by atoms with Crippen molar-refractivity contribution in [3.05, 3.63) is 34.2 Å². The van der Waals surface area contributed by atoms with E-state index in [1.807, 2.05) is 0 Å². The van der Waals surface area contributed by atoms with Crippen molar-refractivity contribution in [3.8, 4) is 0 Å².